The van der Waals surface area contributed by atoms with Crippen molar-refractivity contribution in [1.82, 2.24) is 4.98 Å². The highest BCUT2D eigenvalue weighted by Gasteiger charge is 2.18. The Balaban J connectivity index is 1.67. The topological polar surface area (TPSA) is 79.5 Å². The molecule has 1 aliphatic heterocycles. The van der Waals surface area contributed by atoms with Gasteiger partial charge in [-0.25, -0.2) is 18.5 Å². The summed E-state index contributed by atoms with van der Waals surface area (Å²) in [6.07, 6.45) is 1.84. The van der Waals surface area contributed by atoms with Crippen LogP contribution in [0.4, 0.5) is 11.5 Å². The van der Waals surface area contributed by atoms with E-state index in [1.54, 1.807) is 24.3 Å². The van der Waals surface area contributed by atoms with Crippen LogP contribution in [0.15, 0.2) is 47.5 Å². The number of nitrogens with two attached hydrogens (primary N) is 1. The molecular weight excluding hydrogens is 312 g/mol. The van der Waals surface area contributed by atoms with E-state index < -0.39 is 10.0 Å². The SMILES string of the molecule is Cc1ccnc(N2CCN(c3ccc(S(N)(=O)=O)cc3)CC2)c1. The molecular formula is C16H20N4O2S. The predicted molar refractivity (Wildman–Crippen MR) is 91.2 cm³/mol. The van der Waals surface area contributed by atoms with Gasteiger partial charge in [0.25, 0.3) is 0 Å². The highest BCUT2D eigenvalue weighted by Crippen LogP contribution is 2.21. The van der Waals surface area contributed by atoms with Crippen molar-refractivity contribution in [3.8, 4) is 0 Å². The molecule has 1 aromatic heterocycles. The summed E-state index contributed by atoms with van der Waals surface area (Å²) < 4.78 is 22.6. The summed E-state index contributed by atoms with van der Waals surface area (Å²) in [5.74, 6) is 1.01. The standard InChI is InChI=1S/C16H20N4O2S/c1-13-6-7-18-16(12-13)20-10-8-19(9-11-20)14-2-4-15(5-3-14)23(17,21)22/h2-7,12H,8-11H2,1H3,(H2,17,21,22). The predicted octanol–water partition coefficient (Wildman–Crippen LogP) is 1.36. The van der Waals surface area contributed by atoms with Gasteiger partial charge in [0.1, 0.15) is 5.82 Å². The largest absolute Gasteiger partial charge is 0.368 e. The Labute approximate surface area is 136 Å². The van der Waals surface area contributed by atoms with E-state index >= 15 is 0 Å². The van der Waals surface area contributed by atoms with E-state index in [0.29, 0.717) is 0 Å². The van der Waals surface area contributed by atoms with E-state index in [1.807, 2.05) is 12.3 Å². The Hall–Kier alpha value is -2.12. The van der Waals surface area contributed by atoms with Gasteiger partial charge in [0.05, 0.1) is 4.90 Å². The van der Waals surface area contributed by atoms with Crippen molar-refractivity contribution in [3.63, 3.8) is 0 Å². The summed E-state index contributed by atoms with van der Waals surface area (Å²) in [6.45, 7) is 5.56. The molecule has 0 atom stereocenters. The van der Waals surface area contributed by atoms with Crippen LogP contribution >= 0.6 is 0 Å². The van der Waals surface area contributed by atoms with Crippen molar-refractivity contribution in [1.29, 1.82) is 0 Å². The third-order valence-corrected chi connectivity index (χ3v) is 4.96. The minimum atomic E-state index is -3.63. The van der Waals surface area contributed by atoms with Crippen LogP contribution in [0.25, 0.3) is 0 Å². The molecule has 1 saturated heterocycles. The van der Waals surface area contributed by atoms with Gasteiger partial charge in [-0.2, -0.15) is 0 Å². The zero-order valence-electron chi connectivity index (χ0n) is 13.0. The zero-order valence-corrected chi connectivity index (χ0v) is 13.8. The number of benzene rings is 1. The van der Waals surface area contributed by atoms with Gasteiger partial charge in [-0.3, -0.25) is 0 Å². The zero-order chi connectivity index (χ0) is 16.4. The maximum absolute atomic E-state index is 11.3. The van der Waals surface area contributed by atoms with Crippen LogP contribution < -0.4 is 14.9 Å². The van der Waals surface area contributed by atoms with Crippen LogP contribution in [0.1, 0.15) is 5.56 Å². The van der Waals surface area contributed by atoms with E-state index in [-0.39, 0.29) is 4.90 Å². The second-order valence-corrected chi connectivity index (χ2v) is 7.27. The molecule has 1 aromatic carbocycles. The fraction of sp³-hybridized carbons (Fsp3) is 0.312. The lowest BCUT2D eigenvalue weighted by molar-refractivity contribution is 0.597. The maximum Gasteiger partial charge on any atom is 0.238 e. The van der Waals surface area contributed by atoms with Crippen molar-refractivity contribution < 1.29 is 8.42 Å². The summed E-state index contributed by atoms with van der Waals surface area (Å²) in [5, 5.41) is 5.13. The third kappa shape index (κ3) is 3.62. The van der Waals surface area contributed by atoms with Gasteiger partial charge >= 0.3 is 0 Å². The third-order valence-electron chi connectivity index (χ3n) is 4.04. The summed E-state index contributed by atoms with van der Waals surface area (Å²) in [7, 11) is -3.63. The number of hydrogen-bond acceptors (Lipinski definition) is 5. The molecule has 2 heterocycles. The highest BCUT2D eigenvalue weighted by molar-refractivity contribution is 7.89. The minimum Gasteiger partial charge on any atom is -0.368 e. The Kier molecular flexibility index (Phi) is 4.23. The quantitative estimate of drug-likeness (QED) is 0.918. The van der Waals surface area contributed by atoms with Crippen LogP contribution in [0.5, 0.6) is 0 Å². The van der Waals surface area contributed by atoms with Gasteiger partial charge in [0, 0.05) is 38.1 Å². The van der Waals surface area contributed by atoms with Gasteiger partial charge in [0.2, 0.25) is 10.0 Å². The number of primary sulfonamides is 1. The lowest BCUT2D eigenvalue weighted by Crippen LogP contribution is -2.46. The van der Waals surface area contributed by atoms with Crippen LogP contribution in [0.3, 0.4) is 0 Å². The van der Waals surface area contributed by atoms with E-state index in [1.165, 1.54) is 5.56 Å². The number of pyridine rings is 1. The molecule has 23 heavy (non-hydrogen) atoms. The molecule has 122 valence electrons. The van der Waals surface area contributed by atoms with Crippen LogP contribution in [0.2, 0.25) is 0 Å². The fourth-order valence-corrected chi connectivity index (χ4v) is 3.25. The van der Waals surface area contributed by atoms with E-state index in [2.05, 4.69) is 27.8 Å². The first kappa shape index (κ1) is 15.8. The molecule has 3 rings (SSSR count). The van der Waals surface area contributed by atoms with Crippen molar-refractivity contribution in [2.45, 2.75) is 11.8 Å². The first-order valence-corrected chi connectivity index (χ1v) is 9.03. The molecule has 1 aliphatic rings. The molecule has 0 spiro atoms. The van der Waals surface area contributed by atoms with Gasteiger partial charge < -0.3 is 9.80 Å². The van der Waals surface area contributed by atoms with Crippen molar-refractivity contribution >= 4 is 21.5 Å². The second-order valence-electron chi connectivity index (χ2n) is 5.70. The molecule has 0 radical (unpaired) electrons. The summed E-state index contributed by atoms with van der Waals surface area (Å²) in [5.41, 5.74) is 2.21. The second kappa shape index (κ2) is 6.17. The smallest absolute Gasteiger partial charge is 0.238 e. The average molecular weight is 332 g/mol. The number of anilines is 2. The molecule has 0 unspecified atom stereocenters. The highest BCUT2D eigenvalue weighted by atomic mass is 32.2. The molecule has 1 fully saturated rings. The number of piperazine rings is 1. The number of sulfonamides is 1. The molecule has 2 aromatic rings. The number of hydrogen-bond donors (Lipinski definition) is 1. The number of aryl methyl sites for hydroxylation is 1. The van der Waals surface area contributed by atoms with Crippen LogP contribution in [-0.2, 0) is 10.0 Å². The van der Waals surface area contributed by atoms with Crippen molar-refractivity contribution in [3.05, 3.63) is 48.2 Å². The Morgan fingerprint density at radius 3 is 2.17 bits per heavy atom. The maximum atomic E-state index is 11.3. The molecule has 7 heteroatoms. The summed E-state index contributed by atoms with van der Waals surface area (Å²) in [4.78, 5) is 9.07. The molecule has 6 nitrogen and oxygen atoms in total. The Bertz CT molecular complexity index is 782. The normalized spacial score (nSPS) is 15.7. The molecule has 0 saturated carbocycles. The fourth-order valence-electron chi connectivity index (χ4n) is 2.73. The van der Waals surface area contributed by atoms with Gasteiger partial charge in [-0.05, 0) is 48.9 Å². The summed E-state index contributed by atoms with van der Waals surface area (Å²) >= 11 is 0. The Morgan fingerprint density at radius 2 is 1.61 bits per heavy atom. The van der Waals surface area contributed by atoms with Gasteiger partial charge in [-0.1, -0.05) is 0 Å². The van der Waals surface area contributed by atoms with Crippen LogP contribution in [-0.4, -0.2) is 39.6 Å². The van der Waals surface area contributed by atoms with E-state index in [0.717, 1.165) is 37.7 Å². The van der Waals surface area contributed by atoms with Crippen molar-refractivity contribution in [2.75, 3.05) is 36.0 Å². The van der Waals surface area contributed by atoms with E-state index in [9.17, 15) is 8.42 Å². The lowest BCUT2D eigenvalue weighted by Gasteiger charge is -2.36. The summed E-state index contributed by atoms with van der Waals surface area (Å²) in [6, 6.07) is 10.8. The monoisotopic (exact) mass is 332 g/mol. The first-order valence-electron chi connectivity index (χ1n) is 7.49. The molecule has 2 N–H and O–H groups in total. The molecule has 0 bridgehead atoms. The van der Waals surface area contributed by atoms with Gasteiger partial charge in [0.15, 0.2) is 0 Å². The lowest BCUT2D eigenvalue weighted by atomic mass is 10.2. The molecule has 0 aliphatic carbocycles. The Morgan fingerprint density at radius 1 is 1.00 bits per heavy atom. The number of nitrogens with zero attached hydrogens (tertiary/aromatic N) is 3. The van der Waals surface area contributed by atoms with E-state index in [4.69, 9.17) is 5.14 Å². The number of aromatic nitrogens is 1. The average Bonchev–Trinajstić information content (AvgIpc) is 2.54. The molecule has 0 amide bonds. The first-order chi connectivity index (χ1) is 10.9. The van der Waals surface area contributed by atoms with Gasteiger partial charge in [-0.15, -0.1) is 0 Å². The number of rotatable bonds is 3. The minimum absolute atomic E-state index is 0.142. The van der Waals surface area contributed by atoms with Crippen LogP contribution in [0, 0.1) is 6.92 Å². The van der Waals surface area contributed by atoms with Crippen molar-refractivity contribution in [2.24, 2.45) is 5.14 Å².